The fourth-order valence-electron chi connectivity index (χ4n) is 1.42. The van der Waals surface area contributed by atoms with Crippen LogP contribution >= 0.6 is 0 Å². The Balaban J connectivity index is 1.97. The van der Waals surface area contributed by atoms with Gasteiger partial charge in [-0.15, -0.1) is 0 Å². The SMILES string of the molecule is Oc1cccc(/C=N/N2CCOCC2)c1. The minimum absolute atomic E-state index is 0.265. The van der Waals surface area contributed by atoms with Crippen LogP contribution in [0, 0.1) is 0 Å². The smallest absolute Gasteiger partial charge is 0.116 e. The van der Waals surface area contributed by atoms with Crippen LogP contribution in [0.4, 0.5) is 0 Å². The van der Waals surface area contributed by atoms with E-state index < -0.39 is 0 Å². The molecule has 2 rings (SSSR count). The Labute approximate surface area is 88.8 Å². The number of morpholine rings is 1. The zero-order valence-corrected chi connectivity index (χ0v) is 8.47. The lowest BCUT2D eigenvalue weighted by atomic mass is 10.2. The Bertz CT molecular complexity index is 346. The van der Waals surface area contributed by atoms with Gasteiger partial charge in [0.25, 0.3) is 0 Å². The molecule has 0 unspecified atom stereocenters. The van der Waals surface area contributed by atoms with Crippen molar-refractivity contribution >= 4 is 6.21 Å². The second kappa shape index (κ2) is 4.79. The number of rotatable bonds is 2. The van der Waals surface area contributed by atoms with Crippen LogP contribution < -0.4 is 0 Å². The molecule has 0 aliphatic carbocycles. The summed E-state index contributed by atoms with van der Waals surface area (Å²) in [7, 11) is 0. The maximum absolute atomic E-state index is 9.25. The van der Waals surface area contributed by atoms with Crippen LogP contribution in [0.3, 0.4) is 0 Å². The molecule has 0 spiro atoms. The van der Waals surface area contributed by atoms with Gasteiger partial charge >= 0.3 is 0 Å². The Hall–Kier alpha value is -1.55. The fourth-order valence-corrected chi connectivity index (χ4v) is 1.42. The van der Waals surface area contributed by atoms with E-state index in [0.29, 0.717) is 0 Å². The van der Waals surface area contributed by atoms with Crippen LogP contribution in [0.15, 0.2) is 29.4 Å². The molecule has 1 heterocycles. The molecule has 0 saturated carbocycles. The molecular weight excluding hydrogens is 192 g/mol. The molecule has 15 heavy (non-hydrogen) atoms. The number of phenolic OH excluding ortho intramolecular Hbond substituents is 1. The van der Waals surface area contributed by atoms with Crippen molar-refractivity contribution in [3.8, 4) is 5.75 Å². The lowest BCUT2D eigenvalue weighted by Crippen LogP contribution is -2.32. The molecule has 4 nitrogen and oxygen atoms in total. The largest absolute Gasteiger partial charge is 0.508 e. The van der Waals surface area contributed by atoms with Gasteiger partial charge in [-0.05, 0) is 17.7 Å². The van der Waals surface area contributed by atoms with Crippen molar-refractivity contribution < 1.29 is 9.84 Å². The standard InChI is InChI=1S/C11H14N2O2/c14-11-3-1-2-10(8-11)9-12-13-4-6-15-7-5-13/h1-3,8-9,14H,4-7H2/b12-9+. The van der Waals surface area contributed by atoms with Crippen molar-refractivity contribution in [2.75, 3.05) is 26.3 Å². The first-order valence-corrected chi connectivity index (χ1v) is 5.00. The molecule has 1 aromatic rings. The highest BCUT2D eigenvalue weighted by molar-refractivity contribution is 5.79. The van der Waals surface area contributed by atoms with Gasteiger partial charge in [0.1, 0.15) is 5.75 Å². The van der Waals surface area contributed by atoms with Gasteiger partial charge in [0.05, 0.1) is 32.5 Å². The molecule has 0 aromatic heterocycles. The third kappa shape index (κ3) is 2.95. The number of hydrogen-bond donors (Lipinski definition) is 1. The molecule has 1 aliphatic heterocycles. The van der Waals surface area contributed by atoms with Gasteiger partial charge in [-0.2, -0.15) is 5.10 Å². The number of benzene rings is 1. The lowest BCUT2D eigenvalue weighted by molar-refractivity contribution is 0.0397. The van der Waals surface area contributed by atoms with Crippen LogP contribution in [0.2, 0.25) is 0 Å². The summed E-state index contributed by atoms with van der Waals surface area (Å²) in [5, 5.41) is 15.5. The summed E-state index contributed by atoms with van der Waals surface area (Å²) in [6.45, 7) is 3.12. The summed E-state index contributed by atoms with van der Waals surface area (Å²) >= 11 is 0. The van der Waals surface area contributed by atoms with Gasteiger partial charge in [0.2, 0.25) is 0 Å². The molecule has 1 fully saturated rings. The Morgan fingerprint density at radius 3 is 2.87 bits per heavy atom. The minimum Gasteiger partial charge on any atom is -0.508 e. The van der Waals surface area contributed by atoms with Gasteiger partial charge in [0.15, 0.2) is 0 Å². The average molecular weight is 206 g/mol. The fraction of sp³-hybridized carbons (Fsp3) is 0.364. The average Bonchev–Trinajstić information content (AvgIpc) is 2.28. The van der Waals surface area contributed by atoms with E-state index in [-0.39, 0.29) is 5.75 Å². The Morgan fingerprint density at radius 1 is 1.33 bits per heavy atom. The van der Waals surface area contributed by atoms with Crippen molar-refractivity contribution in [3.05, 3.63) is 29.8 Å². The number of hydrogen-bond acceptors (Lipinski definition) is 4. The molecule has 0 radical (unpaired) electrons. The van der Waals surface area contributed by atoms with E-state index in [1.54, 1.807) is 24.4 Å². The number of hydrazone groups is 1. The zero-order valence-electron chi connectivity index (χ0n) is 8.47. The highest BCUT2D eigenvalue weighted by Crippen LogP contribution is 2.09. The second-order valence-electron chi connectivity index (χ2n) is 3.41. The van der Waals surface area contributed by atoms with E-state index in [4.69, 9.17) is 4.74 Å². The lowest BCUT2D eigenvalue weighted by Gasteiger charge is -2.23. The Morgan fingerprint density at radius 2 is 2.13 bits per heavy atom. The summed E-state index contributed by atoms with van der Waals surface area (Å²) in [5.74, 6) is 0.265. The number of ether oxygens (including phenoxy) is 1. The first kappa shape index (κ1) is 9.98. The predicted octanol–water partition coefficient (Wildman–Crippen LogP) is 1.06. The molecule has 80 valence electrons. The highest BCUT2D eigenvalue weighted by atomic mass is 16.5. The molecule has 4 heteroatoms. The third-order valence-corrected chi connectivity index (χ3v) is 2.23. The summed E-state index contributed by atoms with van der Waals surface area (Å²) in [6, 6.07) is 7.04. The molecular formula is C11H14N2O2. The summed E-state index contributed by atoms with van der Waals surface area (Å²) in [4.78, 5) is 0. The normalized spacial score (nSPS) is 17.2. The van der Waals surface area contributed by atoms with Crippen LogP contribution in [0.5, 0.6) is 5.75 Å². The molecule has 1 aliphatic rings. The van der Waals surface area contributed by atoms with Gasteiger partial charge in [0, 0.05) is 0 Å². The van der Waals surface area contributed by atoms with Gasteiger partial charge in [-0.1, -0.05) is 12.1 Å². The molecule has 1 aromatic carbocycles. The molecule has 0 bridgehead atoms. The number of phenols is 1. The van der Waals surface area contributed by atoms with Crippen molar-refractivity contribution in [1.82, 2.24) is 5.01 Å². The van der Waals surface area contributed by atoms with Crippen molar-refractivity contribution in [2.45, 2.75) is 0 Å². The zero-order chi connectivity index (χ0) is 10.5. The van der Waals surface area contributed by atoms with Gasteiger partial charge in [-0.25, -0.2) is 0 Å². The number of nitrogens with zero attached hydrogens (tertiary/aromatic N) is 2. The second-order valence-corrected chi connectivity index (χ2v) is 3.41. The van der Waals surface area contributed by atoms with Crippen LogP contribution in [0.25, 0.3) is 0 Å². The van der Waals surface area contributed by atoms with Crippen LogP contribution in [0.1, 0.15) is 5.56 Å². The first-order chi connectivity index (χ1) is 7.34. The predicted molar refractivity (Wildman–Crippen MR) is 58.1 cm³/mol. The van der Waals surface area contributed by atoms with E-state index in [9.17, 15) is 5.11 Å². The van der Waals surface area contributed by atoms with Crippen molar-refractivity contribution in [1.29, 1.82) is 0 Å². The monoisotopic (exact) mass is 206 g/mol. The van der Waals surface area contributed by atoms with E-state index in [1.807, 2.05) is 11.1 Å². The topological polar surface area (TPSA) is 45.1 Å². The van der Waals surface area contributed by atoms with Gasteiger partial charge in [-0.3, -0.25) is 5.01 Å². The van der Waals surface area contributed by atoms with Gasteiger partial charge < -0.3 is 9.84 Å². The molecule has 1 N–H and O–H groups in total. The van der Waals surface area contributed by atoms with Crippen LogP contribution in [-0.4, -0.2) is 42.6 Å². The highest BCUT2D eigenvalue weighted by Gasteiger charge is 2.05. The van der Waals surface area contributed by atoms with E-state index in [0.717, 1.165) is 31.9 Å². The first-order valence-electron chi connectivity index (χ1n) is 5.00. The summed E-state index contributed by atoms with van der Waals surface area (Å²) in [5.41, 5.74) is 0.904. The summed E-state index contributed by atoms with van der Waals surface area (Å²) in [6.07, 6.45) is 1.76. The minimum atomic E-state index is 0.265. The Kier molecular flexibility index (Phi) is 3.19. The van der Waals surface area contributed by atoms with E-state index in [1.165, 1.54) is 0 Å². The van der Waals surface area contributed by atoms with E-state index >= 15 is 0 Å². The number of aromatic hydroxyl groups is 1. The maximum atomic E-state index is 9.25. The maximum Gasteiger partial charge on any atom is 0.116 e. The van der Waals surface area contributed by atoms with E-state index in [2.05, 4.69) is 5.10 Å². The molecule has 0 atom stereocenters. The van der Waals surface area contributed by atoms with Crippen molar-refractivity contribution in [3.63, 3.8) is 0 Å². The third-order valence-electron chi connectivity index (χ3n) is 2.23. The molecule has 0 amide bonds. The molecule has 1 saturated heterocycles. The van der Waals surface area contributed by atoms with Crippen LogP contribution in [-0.2, 0) is 4.74 Å². The van der Waals surface area contributed by atoms with Crippen molar-refractivity contribution in [2.24, 2.45) is 5.10 Å². The summed E-state index contributed by atoms with van der Waals surface area (Å²) < 4.78 is 5.22. The quantitative estimate of drug-likeness (QED) is 0.736.